The number of rotatable bonds is 3. The third-order valence-corrected chi connectivity index (χ3v) is 4.17. The Bertz CT molecular complexity index is 626. The standard InChI is InChI=1S/C15H16N2O2S/c1-10-3-5-12(6-4-10)20(19)13-7-8-14(16)15(9-13)17-11(2)18/h3-9H,16H2,1-2H3,(H,17,18). The van der Waals surface area contributed by atoms with Gasteiger partial charge < -0.3 is 15.6 Å². The summed E-state index contributed by atoms with van der Waals surface area (Å²) in [7, 11) is 0. The molecule has 0 aromatic heterocycles. The van der Waals surface area contributed by atoms with Crippen LogP contribution in [0.4, 0.5) is 11.4 Å². The van der Waals surface area contributed by atoms with Crippen molar-refractivity contribution in [3.05, 3.63) is 48.0 Å². The summed E-state index contributed by atoms with van der Waals surface area (Å²) in [6.07, 6.45) is 0. The summed E-state index contributed by atoms with van der Waals surface area (Å²) in [5, 5.41) is 2.63. The Morgan fingerprint density at radius 3 is 2.35 bits per heavy atom. The molecule has 20 heavy (non-hydrogen) atoms. The topological polar surface area (TPSA) is 78.2 Å². The number of carbonyl (C=O) groups excluding carboxylic acids is 1. The number of benzene rings is 2. The van der Waals surface area contributed by atoms with Crippen LogP contribution in [0.1, 0.15) is 12.5 Å². The third kappa shape index (κ3) is 3.31. The van der Waals surface area contributed by atoms with Crippen LogP contribution in [0.2, 0.25) is 0 Å². The Balaban J connectivity index is 2.32. The number of anilines is 2. The number of hydrogen-bond acceptors (Lipinski definition) is 3. The van der Waals surface area contributed by atoms with Gasteiger partial charge in [0.15, 0.2) is 9.79 Å². The number of nitrogen functional groups attached to an aromatic ring is 1. The smallest absolute Gasteiger partial charge is 0.221 e. The Kier molecular flexibility index (Phi) is 4.32. The molecule has 0 aliphatic carbocycles. The minimum Gasteiger partial charge on any atom is -0.606 e. The summed E-state index contributed by atoms with van der Waals surface area (Å²) < 4.78 is 12.5. The quantitative estimate of drug-likeness (QED) is 0.673. The number of hydrogen-bond donors (Lipinski definition) is 2. The molecule has 1 amide bonds. The lowest BCUT2D eigenvalue weighted by Gasteiger charge is -2.12. The van der Waals surface area contributed by atoms with E-state index in [9.17, 15) is 9.35 Å². The molecule has 104 valence electrons. The molecule has 2 aromatic rings. The van der Waals surface area contributed by atoms with Crippen molar-refractivity contribution in [2.75, 3.05) is 11.1 Å². The SMILES string of the molecule is CC(=O)Nc1cc([S+]([O-])c2ccc(C)cc2)ccc1N. The second kappa shape index (κ2) is 5.98. The van der Waals surface area contributed by atoms with Crippen molar-refractivity contribution in [3.8, 4) is 0 Å². The van der Waals surface area contributed by atoms with Crippen molar-refractivity contribution >= 4 is 28.5 Å². The van der Waals surface area contributed by atoms with Crippen molar-refractivity contribution in [3.63, 3.8) is 0 Å². The fraction of sp³-hybridized carbons (Fsp3) is 0.133. The van der Waals surface area contributed by atoms with E-state index in [-0.39, 0.29) is 5.91 Å². The van der Waals surface area contributed by atoms with E-state index in [1.807, 2.05) is 31.2 Å². The molecule has 1 unspecified atom stereocenters. The summed E-state index contributed by atoms with van der Waals surface area (Å²) in [4.78, 5) is 12.4. The lowest BCUT2D eigenvalue weighted by molar-refractivity contribution is -0.114. The highest BCUT2D eigenvalue weighted by molar-refractivity contribution is 7.91. The van der Waals surface area contributed by atoms with Crippen molar-refractivity contribution in [1.29, 1.82) is 0 Å². The van der Waals surface area contributed by atoms with Crippen molar-refractivity contribution in [2.24, 2.45) is 0 Å². The van der Waals surface area contributed by atoms with E-state index >= 15 is 0 Å². The van der Waals surface area contributed by atoms with Gasteiger partial charge in [-0.3, -0.25) is 4.79 Å². The zero-order chi connectivity index (χ0) is 14.7. The van der Waals surface area contributed by atoms with Gasteiger partial charge in [-0.15, -0.1) is 0 Å². The average molecular weight is 288 g/mol. The number of nitrogens with two attached hydrogens (primary N) is 1. The van der Waals surface area contributed by atoms with E-state index in [1.54, 1.807) is 18.2 Å². The second-order valence-electron chi connectivity index (χ2n) is 4.51. The molecule has 2 rings (SSSR count). The molecule has 0 aliphatic heterocycles. The van der Waals surface area contributed by atoms with E-state index in [0.29, 0.717) is 21.2 Å². The predicted molar refractivity (Wildman–Crippen MR) is 81.0 cm³/mol. The Morgan fingerprint density at radius 2 is 1.75 bits per heavy atom. The highest BCUT2D eigenvalue weighted by Crippen LogP contribution is 2.27. The van der Waals surface area contributed by atoms with Gasteiger partial charge in [0.25, 0.3) is 0 Å². The Labute approximate surface area is 121 Å². The summed E-state index contributed by atoms with van der Waals surface area (Å²) >= 11 is -1.30. The fourth-order valence-electron chi connectivity index (χ4n) is 1.75. The first kappa shape index (κ1) is 14.4. The van der Waals surface area contributed by atoms with E-state index in [2.05, 4.69) is 5.32 Å². The average Bonchev–Trinajstić information content (AvgIpc) is 2.41. The largest absolute Gasteiger partial charge is 0.606 e. The van der Waals surface area contributed by atoms with Crippen molar-refractivity contribution in [2.45, 2.75) is 23.6 Å². The number of amides is 1. The molecule has 4 nitrogen and oxygen atoms in total. The van der Waals surface area contributed by atoms with Gasteiger partial charge in [-0.05, 0) is 31.2 Å². The second-order valence-corrected chi connectivity index (χ2v) is 5.99. The zero-order valence-corrected chi connectivity index (χ0v) is 12.2. The van der Waals surface area contributed by atoms with Gasteiger partial charge in [-0.1, -0.05) is 17.7 Å². The van der Waals surface area contributed by atoms with Crippen molar-refractivity contribution in [1.82, 2.24) is 0 Å². The summed E-state index contributed by atoms with van der Waals surface area (Å²) in [5.41, 5.74) is 7.83. The molecule has 2 aromatic carbocycles. The molecule has 0 fully saturated rings. The molecule has 0 aliphatic rings. The molecule has 5 heteroatoms. The van der Waals surface area contributed by atoms with Gasteiger partial charge in [0.05, 0.1) is 11.4 Å². The summed E-state index contributed by atoms with van der Waals surface area (Å²) in [6, 6.07) is 12.5. The first-order valence-electron chi connectivity index (χ1n) is 6.13. The Hall–Kier alpha value is -1.98. The van der Waals surface area contributed by atoms with Gasteiger partial charge >= 0.3 is 0 Å². The van der Waals surface area contributed by atoms with Crippen LogP contribution >= 0.6 is 0 Å². The van der Waals surface area contributed by atoms with E-state index in [0.717, 1.165) is 5.56 Å². The maximum Gasteiger partial charge on any atom is 0.221 e. The first-order valence-corrected chi connectivity index (χ1v) is 7.28. The van der Waals surface area contributed by atoms with Gasteiger partial charge in [-0.25, -0.2) is 0 Å². The first-order chi connectivity index (χ1) is 9.47. The molecule has 0 spiro atoms. The van der Waals surface area contributed by atoms with Crippen LogP contribution in [-0.4, -0.2) is 10.5 Å². The highest BCUT2D eigenvalue weighted by atomic mass is 32.2. The van der Waals surface area contributed by atoms with Gasteiger partial charge in [0.2, 0.25) is 5.91 Å². The van der Waals surface area contributed by atoms with E-state index in [4.69, 9.17) is 5.73 Å². The number of nitrogens with one attached hydrogen (secondary N) is 1. The molecule has 0 radical (unpaired) electrons. The van der Waals surface area contributed by atoms with E-state index in [1.165, 1.54) is 6.92 Å². The van der Waals surface area contributed by atoms with Gasteiger partial charge in [0.1, 0.15) is 0 Å². The van der Waals surface area contributed by atoms with Crippen LogP contribution in [0.5, 0.6) is 0 Å². The maximum atomic E-state index is 12.5. The third-order valence-electron chi connectivity index (χ3n) is 2.78. The summed E-state index contributed by atoms with van der Waals surface area (Å²) in [5.74, 6) is -0.213. The van der Waals surface area contributed by atoms with Crippen LogP contribution < -0.4 is 11.1 Å². The highest BCUT2D eigenvalue weighted by Gasteiger charge is 2.16. The van der Waals surface area contributed by atoms with Crippen LogP contribution in [0.15, 0.2) is 52.3 Å². The molecule has 0 saturated heterocycles. The predicted octanol–water partition coefficient (Wildman–Crippen LogP) is 2.70. The summed E-state index contributed by atoms with van der Waals surface area (Å²) in [6.45, 7) is 3.38. The molecule has 0 heterocycles. The Morgan fingerprint density at radius 1 is 1.15 bits per heavy atom. The van der Waals surface area contributed by atoms with Crippen molar-refractivity contribution < 1.29 is 9.35 Å². The monoisotopic (exact) mass is 288 g/mol. The molecular formula is C15H16N2O2S. The molecule has 1 atom stereocenters. The van der Waals surface area contributed by atoms with Gasteiger partial charge in [0, 0.05) is 24.2 Å². The lowest BCUT2D eigenvalue weighted by Crippen LogP contribution is -2.10. The van der Waals surface area contributed by atoms with E-state index < -0.39 is 11.2 Å². The normalized spacial score (nSPS) is 11.9. The zero-order valence-electron chi connectivity index (χ0n) is 11.3. The molecule has 3 N–H and O–H groups in total. The minimum atomic E-state index is -1.30. The number of aryl methyl sites for hydroxylation is 1. The molecule has 0 saturated carbocycles. The van der Waals surface area contributed by atoms with Crippen LogP contribution in [0, 0.1) is 6.92 Å². The minimum absolute atomic E-state index is 0.213. The molecule has 0 bridgehead atoms. The van der Waals surface area contributed by atoms with Crippen LogP contribution in [0.3, 0.4) is 0 Å². The fourth-order valence-corrected chi connectivity index (χ4v) is 2.82. The van der Waals surface area contributed by atoms with Crippen LogP contribution in [0.25, 0.3) is 0 Å². The number of carbonyl (C=O) groups is 1. The maximum absolute atomic E-state index is 12.5. The molecular weight excluding hydrogens is 272 g/mol. The van der Waals surface area contributed by atoms with Gasteiger partial charge in [-0.2, -0.15) is 0 Å². The lowest BCUT2D eigenvalue weighted by atomic mass is 10.2. The van der Waals surface area contributed by atoms with Crippen LogP contribution in [-0.2, 0) is 16.0 Å².